The van der Waals surface area contributed by atoms with E-state index in [2.05, 4.69) is 20.9 Å². The maximum atomic E-state index is 13.9. The third-order valence-electron chi connectivity index (χ3n) is 11.4. The first-order valence-electron chi connectivity index (χ1n) is 20.5. The zero-order valence-electron chi connectivity index (χ0n) is 34.2. The van der Waals surface area contributed by atoms with Gasteiger partial charge in [-0.25, -0.2) is 19.6 Å². The van der Waals surface area contributed by atoms with Gasteiger partial charge in [0.1, 0.15) is 23.9 Å². The average molecular weight is 835 g/mol. The highest BCUT2D eigenvalue weighted by Gasteiger charge is 2.39. The molecule has 4 unspecified atom stereocenters. The second-order valence-electron chi connectivity index (χ2n) is 15.2. The van der Waals surface area contributed by atoms with E-state index in [0.717, 1.165) is 46.3 Å². The molecule has 4 N–H and O–H groups in total. The number of likely N-dealkylation sites (tertiary alicyclic amines) is 2. The highest BCUT2D eigenvalue weighted by molar-refractivity contribution is 5.99. The van der Waals surface area contributed by atoms with Crippen molar-refractivity contribution < 1.29 is 33.4 Å². The van der Waals surface area contributed by atoms with Crippen LogP contribution in [0, 0.1) is 0 Å². The van der Waals surface area contributed by atoms with Crippen molar-refractivity contribution in [2.45, 2.75) is 49.9 Å². The smallest absolute Gasteiger partial charge is 0.407 e. The molecule has 2 saturated heterocycles. The first kappa shape index (κ1) is 41.2. The highest BCUT2D eigenvalue weighted by Crippen LogP contribution is 2.35. The molecule has 2 aliphatic rings. The van der Waals surface area contributed by atoms with Crippen molar-refractivity contribution in [1.82, 2.24) is 35.4 Å². The van der Waals surface area contributed by atoms with E-state index >= 15 is 0 Å². The average Bonchev–Trinajstić information content (AvgIpc) is 4.12. The Morgan fingerprint density at radius 2 is 1.29 bits per heavy atom. The Kier molecular flexibility index (Phi) is 12.2. The molecule has 15 heteroatoms. The molecule has 0 bridgehead atoms. The summed E-state index contributed by atoms with van der Waals surface area (Å²) in [5, 5.41) is 9.22. The Morgan fingerprint density at radius 3 is 1.94 bits per heavy atom. The monoisotopic (exact) mass is 834 g/mol. The van der Waals surface area contributed by atoms with Crippen molar-refractivity contribution in [3.05, 3.63) is 138 Å². The molecule has 4 aromatic carbocycles. The summed E-state index contributed by atoms with van der Waals surface area (Å²) in [5.41, 5.74) is 5.95. The van der Waals surface area contributed by atoms with E-state index < -0.39 is 30.3 Å². The third kappa shape index (κ3) is 8.82. The minimum atomic E-state index is -0.999. The van der Waals surface area contributed by atoms with Crippen molar-refractivity contribution in [2.24, 2.45) is 0 Å². The standard InChI is InChI=1S/C47H46N8O7/c1-61-46(59)52-40(30-11-5-3-6-12-30)44(57)54-25-9-15-38(54)42-48-28-37(51-42)33-20-24-36-32(27-33)19-23-35(50-36)29-17-21-34(22-18-29)49-43(56)39-16-10-26-55(39)45(58)41(53-47(60)62-2)31-13-7-4-8-14-31/h3-8,11-14,17-24,27-28,38-41H,9-10,15-16,25-26H2,1-2H3,(H,48,51)(H,49,56)(H,52,59)(H,53,60). The van der Waals surface area contributed by atoms with Crippen LogP contribution in [-0.2, 0) is 23.9 Å². The Labute approximate surface area is 357 Å². The Balaban J connectivity index is 0.924. The van der Waals surface area contributed by atoms with Crippen molar-refractivity contribution in [3.63, 3.8) is 0 Å². The van der Waals surface area contributed by atoms with E-state index in [1.165, 1.54) is 19.1 Å². The van der Waals surface area contributed by atoms with Gasteiger partial charge in [-0.05, 0) is 67.1 Å². The fourth-order valence-corrected chi connectivity index (χ4v) is 8.23. The summed E-state index contributed by atoms with van der Waals surface area (Å²) in [4.78, 5) is 82.0. The van der Waals surface area contributed by atoms with E-state index in [9.17, 15) is 24.0 Å². The predicted molar refractivity (Wildman–Crippen MR) is 231 cm³/mol. The van der Waals surface area contributed by atoms with Gasteiger partial charge in [0.05, 0.1) is 43.4 Å². The number of alkyl carbamates (subject to hydrolysis) is 2. The number of amides is 5. The molecular formula is C47H46N8O7. The van der Waals surface area contributed by atoms with Crippen LogP contribution in [0.4, 0.5) is 15.3 Å². The number of methoxy groups -OCH3 is 2. The predicted octanol–water partition coefficient (Wildman–Crippen LogP) is 7.08. The van der Waals surface area contributed by atoms with Crippen LogP contribution >= 0.6 is 0 Å². The van der Waals surface area contributed by atoms with Crippen LogP contribution in [0.3, 0.4) is 0 Å². The summed E-state index contributed by atoms with van der Waals surface area (Å²) in [6, 6.07) is 32.4. The molecule has 4 atom stereocenters. The van der Waals surface area contributed by atoms with Gasteiger partial charge in [-0.3, -0.25) is 14.4 Å². The van der Waals surface area contributed by atoms with E-state index in [0.29, 0.717) is 48.6 Å². The number of ether oxygens (including phenoxy) is 2. The SMILES string of the molecule is COC(=O)NC(C(=O)N1CCCC1C(=O)Nc1ccc(-c2ccc3cc(-c4cnc(C5CCCN5C(=O)C(NC(=O)OC)c5ccccc5)[nH]4)ccc3n2)cc1)c1ccccc1. The molecule has 62 heavy (non-hydrogen) atoms. The van der Waals surface area contributed by atoms with Crippen molar-refractivity contribution >= 4 is 46.5 Å². The third-order valence-corrected chi connectivity index (χ3v) is 11.4. The molecule has 5 amide bonds. The number of aromatic nitrogens is 3. The number of hydrogen-bond acceptors (Lipinski definition) is 9. The van der Waals surface area contributed by atoms with Gasteiger partial charge in [0.15, 0.2) is 0 Å². The van der Waals surface area contributed by atoms with Crippen molar-refractivity contribution in [1.29, 1.82) is 0 Å². The minimum Gasteiger partial charge on any atom is -0.453 e. The molecule has 0 spiro atoms. The first-order chi connectivity index (χ1) is 30.2. The first-order valence-corrected chi connectivity index (χ1v) is 20.5. The van der Waals surface area contributed by atoms with Gasteiger partial charge >= 0.3 is 12.2 Å². The number of H-pyrrole nitrogens is 1. The number of pyridine rings is 1. The number of nitrogens with zero attached hydrogens (tertiary/aromatic N) is 4. The summed E-state index contributed by atoms with van der Waals surface area (Å²) < 4.78 is 9.60. The van der Waals surface area contributed by atoms with Gasteiger partial charge in [-0.15, -0.1) is 0 Å². The van der Waals surface area contributed by atoms with Gasteiger partial charge in [-0.1, -0.05) is 84.9 Å². The van der Waals surface area contributed by atoms with Crippen LogP contribution in [0.15, 0.2) is 121 Å². The molecule has 6 aromatic rings. The lowest BCUT2D eigenvalue weighted by atomic mass is 10.0. The zero-order valence-corrected chi connectivity index (χ0v) is 34.2. The molecule has 0 radical (unpaired) electrons. The number of carbonyl (C=O) groups is 5. The molecule has 316 valence electrons. The number of imidazole rings is 1. The van der Waals surface area contributed by atoms with E-state index in [4.69, 9.17) is 19.4 Å². The summed E-state index contributed by atoms with van der Waals surface area (Å²) >= 11 is 0. The van der Waals surface area contributed by atoms with Gasteiger partial charge in [0.25, 0.3) is 11.8 Å². The second-order valence-corrected chi connectivity index (χ2v) is 15.2. The van der Waals surface area contributed by atoms with Crippen LogP contribution in [0.2, 0.25) is 0 Å². The second kappa shape index (κ2) is 18.4. The molecule has 2 fully saturated rings. The van der Waals surface area contributed by atoms with Crippen LogP contribution < -0.4 is 16.0 Å². The molecule has 0 aliphatic carbocycles. The number of rotatable bonds is 11. The molecule has 4 heterocycles. The number of carbonyl (C=O) groups excluding carboxylic acids is 5. The highest BCUT2D eigenvalue weighted by atomic mass is 16.5. The number of anilines is 1. The van der Waals surface area contributed by atoms with Crippen molar-refractivity contribution in [3.8, 4) is 22.5 Å². The van der Waals surface area contributed by atoms with Gasteiger partial charge in [-0.2, -0.15) is 0 Å². The Bertz CT molecular complexity index is 2580. The topological polar surface area (TPSA) is 188 Å². The van der Waals surface area contributed by atoms with Crippen LogP contribution in [0.25, 0.3) is 33.4 Å². The number of benzene rings is 4. The van der Waals surface area contributed by atoms with E-state index in [-0.39, 0.29) is 23.8 Å². The molecular weight excluding hydrogens is 789 g/mol. The van der Waals surface area contributed by atoms with Gasteiger partial charge < -0.3 is 40.2 Å². The lowest BCUT2D eigenvalue weighted by Gasteiger charge is -2.28. The minimum absolute atomic E-state index is 0.233. The Morgan fingerprint density at radius 1 is 0.694 bits per heavy atom. The van der Waals surface area contributed by atoms with E-state index in [1.54, 1.807) is 59.6 Å². The summed E-state index contributed by atoms with van der Waals surface area (Å²) in [6.45, 7) is 0.916. The molecule has 15 nitrogen and oxygen atoms in total. The summed E-state index contributed by atoms with van der Waals surface area (Å²) in [5.74, 6) is -0.255. The van der Waals surface area contributed by atoms with Gasteiger partial charge in [0, 0.05) is 35.3 Å². The van der Waals surface area contributed by atoms with Gasteiger partial charge in [0.2, 0.25) is 5.91 Å². The number of nitrogens with one attached hydrogen (secondary N) is 4. The van der Waals surface area contributed by atoms with Crippen LogP contribution in [0.5, 0.6) is 0 Å². The number of aromatic amines is 1. The Hall–Kier alpha value is -7.55. The summed E-state index contributed by atoms with van der Waals surface area (Å²) in [6.07, 6.45) is 3.01. The zero-order chi connectivity index (χ0) is 43.2. The lowest BCUT2D eigenvalue weighted by molar-refractivity contribution is -0.138. The normalized spacial score (nSPS) is 16.9. The fourth-order valence-electron chi connectivity index (χ4n) is 8.23. The molecule has 8 rings (SSSR count). The lowest BCUT2D eigenvalue weighted by Crippen LogP contribution is -2.48. The molecule has 2 aliphatic heterocycles. The largest absolute Gasteiger partial charge is 0.453 e. The maximum Gasteiger partial charge on any atom is 0.407 e. The quantitative estimate of drug-likeness (QED) is 0.106. The maximum absolute atomic E-state index is 13.9. The fraction of sp³-hybridized carbons (Fsp3) is 0.255. The van der Waals surface area contributed by atoms with Crippen LogP contribution in [-0.4, -0.2) is 88.0 Å². The summed E-state index contributed by atoms with van der Waals surface area (Å²) in [7, 11) is 2.51. The van der Waals surface area contributed by atoms with Crippen LogP contribution in [0.1, 0.15) is 60.8 Å². The number of fused-ring (bicyclic) bond motifs is 1. The number of hydrogen-bond donors (Lipinski definition) is 4. The molecule has 0 saturated carbocycles. The van der Waals surface area contributed by atoms with Crippen molar-refractivity contribution in [2.75, 3.05) is 32.6 Å². The van der Waals surface area contributed by atoms with E-state index in [1.807, 2.05) is 66.7 Å². The molecule has 2 aromatic heterocycles.